The average molecular weight is 281 g/mol. The molecule has 0 aliphatic carbocycles. The van der Waals surface area contributed by atoms with E-state index in [2.05, 4.69) is 10.2 Å². The van der Waals surface area contributed by atoms with Crippen molar-refractivity contribution in [3.8, 4) is 0 Å². The first kappa shape index (κ1) is 14.4. The predicted octanol–water partition coefficient (Wildman–Crippen LogP) is 0.252. The monoisotopic (exact) mass is 280 g/mol. The lowest BCUT2D eigenvalue weighted by molar-refractivity contribution is 0.393. The molecule has 0 radical (unpaired) electrons. The minimum absolute atomic E-state index is 0. The molecular formula is C9H17ClN4O2S. The first-order valence-corrected chi connectivity index (χ1v) is 6.73. The Morgan fingerprint density at radius 1 is 1.65 bits per heavy atom. The number of nitrogens with one attached hydrogen (secondary N) is 1. The number of halogens is 1. The number of hydrogen-bond acceptors (Lipinski definition) is 4. The zero-order valence-electron chi connectivity index (χ0n) is 9.59. The number of aryl methyl sites for hydroxylation is 1. The molecule has 1 atom stereocenters. The van der Waals surface area contributed by atoms with Gasteiger partial charge in [-0.2, -0.15) is 9.40 Å². The summed E-state index contributed by atoms with van der Waals surface area (Å²) in [6, 6.07) is -0.0701. The molecule has 0 amide bonds. The molecule has 1 aliphatic heterocycles. The van der Waals surface area contributed by atoms with Crippen LogP contribution in [0.2, 0.25) is 0 Å². The molecule has 0 aromatic carbocycles. The number of nitrogens with zero attached hydrogens (tertiary/aromatic N) is 2. The minimum Gasteiger partial charge on any atom is -0.329 e. The quantitative estimate of drug-likeness (QED) is 0.830. The van der Waals surface area contributed by atoms with Gasteiger partial charge < -0.3 is 5.73 Å². The predicted molar refractivity (Wildman–Crippen MR) is 66.5 cm³/mol. The Balaban J connectivity index is 0.00000144. The van der Waals surface area contributed by atoms with E-state index in [0.717, 1.165) is 12.8 Å². The third kappa shape index (κ3) is 2.47. The standard InChI is InChI=1S/C9H16N4O2S.ClH/c1-7-9(6-11-12-7)16(14,15)13-4-2-3-8(13)5-10;/h6,8H,2-5,10H2,1H3,(H,11,12);1H. The van der Waals surface area contributed by atoms with Crippen LogP contribution < -0.4 is 5.73 Å². The van der Waals surface area contributed by atoms with Crippen molar-refractivity contribution in [2.45, 2.75) is 30.7 Å². The van der Waals surface area contributed by atoms with Gasteiger partial charge in [-0.1, -0.05) is 0 Å². The first-order chi connectivity index (χ1) is 7.57. The van der Waals surface area contributed by atoms with Crippen LogP contribution in [-0.2, 0) is 10.0 Å². The van der Waals surface area contributed by atoms with Crippen LogP contribution in [0.3, 0.4) is 0 Å². The van der Waals surface area contributed by atoms with Crippen molar-refractivity contribution in [3.63, 3.8) is 0 Å². The molecular weight excluding hydrogens is 264 g/mol. The van der Waals surface area contributed by atoms with E-state index in [9.17, 15) is 8.42 Å². The van der Waals surface area contributed by atoms with E-state index in [1.54, 1.807) is 6.92 Å². The van der Waals surface area contributed by atoms with Crippen LogP contribution in [0.4, 0.5) is 0 Å². The fraction of sp³-hybridized carbons (Fsp3) is 0.667. The molecule has 0 saturated carbocycles. The van der Waals surface area contributed by atoms with E-state index < -0.39 is 10.0 Å². The van der Waals surface area contributed by atoms with Crippen molar-refractivity contribution in [2.24, 2.45) is 5.73 Å². The zero-order valence-corrected chi connectivity index (χ0v) is 11.2. The van der Waals surface area contributed by atoms with Crippen molar-refractivity contribution in [1.29, 1.82) is 0 Å². The highest BCUT2D eigenvalue weighted by atomic mass is 35.5. The smallest absolute Gasteiger partial charge is 0.246 e. The lowest BCUT2D eigenvalue weighted by Gasteiger charge is -2.22. The van der Waals surface area contributed by atoms with E-state index >= 15 is 0 Å². The second kappa shape index (κ2) is 5.34. The lowest BCUT2D eigenvalue weighted by Crippen LogP contribution is -2.39. The SMILES string of the molecule is Cc1[nH]ncc1S(=O)(=O)N1CCCC1CN.Cl. The molecule has 1 aromatic heterocycles. The number of H-pyrrole nitrogens is 1. The van der Waals surface area contributed by atoms with Gasteiger partial charge in [-0.25, -0.2) is 8.42 Å². The summed E-state index contributed by atoms with van der Waals surface area (Å²) in [5, 5.41) is 6.39. The van der Waals surface area contributed by atoms with Crippen LogP contribution in [-0.4, -0.2) is 42.1 Å². The first-order valence-electron chi connectivity index (χ1n) is 5.29. The summed E-state index contributed by atoms with van der Waals surface area (Å²) in [6.45, 7) is 2.62. The van der Waals surface area contributed by atoms with E-state index in [0.29, 0.717) is 18.8 Å². The number of aromatic amines is 1. The Bertz CT molecular complexity index is 473. The summed E-state index contributed by atoms with van der Waals surface area (Å²) in [7, 11) is -3.43. The summed E-state index contributed by atoms with van der Waals surface area (Å²) in [6.07, 6.45) is 3.07. The van der Waals surface area contributed by atoms with E-state index in [4.69, 9.17) is 5.73 Å². The molecule has 2 heterocycles. The topological polar surface area (TPSA) is 92.1 Å². The van der Waals surface area contributed by atoms with E-state index in [1.807, 2.05) is 0 Å². The van der Waals surface area contributed by atoms with Gasteiger partial charge in [0.2, 0.25) is 10.0 Å². The Kier molecular flexibility index (Phi) is 4.54. The molecule has 8 heteroatoms. The number of sulfonamides is 1. The Morgan fingerprint density at radius 2 is 2.35 bits per heavy atom. The maximum atomic E-state index is 12.3. The molecule has 1 saturated heterocycles. The third-order valence-corrected chi connectivity index (χ3v) is 5.03. The highest BCUT2D eigenvalue weighted by Crippen LogP contribution is 2.26. The van der Waals surface area contributed by atoms with Crippen molar-refractivity contribution in [2.75, 3.05) is 13.1 Å². The number of aromatic nitrogens is 2. The molecule has 1 fully saturated rings. The summed E-state index contributed by atoms with van der Waals surface area (Å²) in [5.41, 5.74) is 6.15. The molecule has 1 aromatic rings. The second-order valence-electron chi connectivity index (χ2n) is 4.01. The average Bonchev–Trinajstić information content (AvgIpc) is 2.85. The normalized spacial score (nSPS) is 21.4. The van der Waals surface area contributed by atoms with Crippen LogP contribution in [0.1, 0.15) is 18.5 Å². The van der Waals surface area contributed by atoms with Crippen LogP contribution in [0.5, 0.6) is 0 Å². The maximum Gasteiger partial charge on any atom is 0.246 e. The largest absolute Gasteiger partial charge is 0.329 e. The molecule has 1 unspecified atom stereocenters. The maximum absolute atomic E-state index is 12.3. The Labute approximate surface area is 107 Å². The summed E-state index contributed by atoms with van der Waals surface area (Å²) < 4.78 is 26.1. The fourth-order valence-electron chi connectivity index (χ4n) is 2.09. The third-order valence-electron chi connectivity index (χ3n) is 2.97. The number of hydrogen-bond donors (Lipinski definition) is 2. The molecule has 0 spiro atoms. The van der Waals surface area contributed by atoms with Gasteiger partial charge in [-0.15, -0.1) is 12.4 Å². The van der Waals surface area contributed by atoms with Crippen molar-refractivity contribution < 1.29 is 8.42 Å². The van der Waals surface area contributed by atoms with Gasteiger partial charge >= 0.3 is 0 Å². The van der Waals surface area contributed by atoms with Gasteiger partial charge in [0.1, 0.15) is 4.90 Å². The van der Waals surface area contributed by atoms with Crippen molar-refractivity contribution >= 4 is 22.4 Å². The van der Waals surface area contributed by atoms with Gasteiger partial charge in [0.05, 0.1) is 11.9 Å². The van der Waals surface area contributed by atoms with E-state index in [-0.39, 0.29) is 23.3 Å². The molecule has 0 bridgehead atoms. The van der Waals surface area contributed by atoms with Gasteiger partial charge in [-0.05, 0) is 19.8 Å². The van der Waals surface area contributed by atoms with Gasteiger partial charge in [0.25, 0.3) is 0 Å². The lowest BCUT2D eigenvalue weighted by atomic mass is 10.2. The van der Waals surface area contributed by atoms with Gasteiger partial charge in [-0.3, -0.25) is 5.10 Å². The zero-order chi connectivity index (χ0) is 11.8. The highest BCUT2D eigenvalue weighted by Gasteiger charge is 2.35. The Morgan fingerprint density at radius 3 is 2.88 bits per heavy atom. The molecule has 98 valence electrons. The summed E-state index contributed by atoms with van der Waals surface area (Å²) >= 11 is 0. The van der Waals surface area contributed by atoms with Crippen LogP contribution in [0, 0.1) is 6.92 Å². The molecule has 17 heavy (non-hydrogen) atoms. The number of nitrogens with two attached hydrogens (primary N) is 1. The fourth-order valence-corrected chi connectivity index (χ4v) is 3.91. The summed E-state index contributed by atoms with van der Waals surface area (Å²) in [5.74, 6) is 0. The molecule has 1 aliphatic rings. The van der Waals surface area contributed by atoms with Crippen molar-refractivity contribution in [1.82, 2.24) is 14.5 Å². The van der Waals surface area contributed by atoms with E-state index in [1.165, 1.54) is 10.5 Å². The second-order valence-corrected chi connectivity index (χ2v) is 5.87. The minimum atomic E-state index is -3.43. The van der Waals surface area contributed by atoms with Crippen molar-refractivity contribution in [3.05, 3.63) is 11.9 Å². The van der Waals surface area contributed by atoms with Crippen LogP contribution >= 0.6 is 12.4 Å². The number of rotatable bonds is 3. The van der Waals surface area contributed by atoms with Crippen LogP contribution in [0.15, 0.2) is 11.1 Å². The van der Waals surface area contributed by atoms with Crippen LogP contribution in [0.25, 0.3) is 0 Å². The molecule has 6 nitrogen and oxygen atoms in total. The summed E-state index contributed by atoms with van der Waals surface area (Å²) in [4.78, 5) is 0.257. The van der Waals surface area contributed by atoms with Gasteiger partial charge in [0, 0.05) is 19.1 Å². The Hall–Kier alpha value is -0.630. The molecule has 2 rings (SSSR count). The van der Waals surface area contributed by atoms with Gasteiger partial charge in [0.15, 0.2) is 0 Å². The highest BCUT2D eigenvalue weighted by molar-refractivity contribution is 7.89. The molecule has 3 N–H and O–H groups in total.